The predicted octanol–water partition coefficient (Wildman–Crippen LogP) is 1.84. The Bertz CT molecular complexity index is 1120. The van der Waals surface area contributed by atoms with Crippen LogP contribution in [0.3, 0.4) is 0 Å². The summed E-state index contributed by atoms with van der Waals surface area (Å²) in [5, 5.41) is 3.72. The molecular weight excluding hydrogens is 494 g/mol. The van der Waals surface area contributed by atoms with Crippen LogP contribution in [0.15, 0.2) is 120 Å². The monoisotopic (exact) mass is 514 g/mol. The smallest absolute Gasteiger partial charge is 0.332 e. The van der Waals surface area contributed by atoms with Crippen LogP contribution in [-0.2, 0) is 16.4 Å². The molecular formula is C25H21BrFO2PS. The Kier molecular flexibility index (Phi) is 7.42. The molecule has 4 aromatic rings. The van der Waals surface area contributed by atoms with E-state index >= 15 is 0 Å². The molecule has 6 heteroatoms. The SMILES string of the molecule is O=S(=O)(F)c1ccc(C[P+](c2ccccc2)(c2ccccc2)c2ccccc2)cc1.[Br-]. The van der Waals surface area contributed by atoms with Crippen molar-refractivity contribution in [2.24, 2.45) is 0 Å². The van der Waals surface area contributed by atoms with Gasteiger partial charge in [0.2, 0.25) is 0 Å². The number of benzene rings is 4. The average Bonchev–Trinajstić information content (AvgIpc) is 2.79. The first-order valence-electron chi connectivity index (χ1n) is 9.59. The second-order valence-electron chi connectivity index (χ2n) is 7.06. The lowest BCUT2D eigenvalue weighted by molar-refractivity contribution is -0.00000932. The number of rotatable bonds is 6. The van der Waals surface area contributed by atoms with Crippen molar-refractivity contribution in [2.45, 2.75) is 11.1 Å². The molecule has 0 aliphatic carbocycles. The fraction of sp³-hybridized carbons (Fsp3) is 0.0400. The molecule has 0 radical (unpaired) electrons. The van der Waals surface area contributed by atoms with Gasteiger partial charge in [-0.05, 0) is 54.1 Å². The van der Waals surface area contributed by atoms with Gasteiger partial charge >= 0.3 is 10.2 Å². The molecule has 4 aromatic carbocycles. The molecule has 0 unspecified atom stereocenters. The Morgan fingerprint density at radius 1 is 0.581 bits per heavy atom. The minimum Gasteiger partial charge on any atom is -1.00 e. The van der Waals surface area contributed by atoms with Gasteiger partial charge in [-0.3, -0.25) is 0 Å². The van der Waals surface area contributed by atoms with E-state index < -0.39 is 17.5 Å². The molecule has 0 fully saturated rings. The highest BCUT2D eigenvalue weighted by molar-refractivity contribution is 7.95. The van der Waals surface area contributed by atoms with Crippen LogP contribution >= 0.6 is 7.26 Å². The predicted molar refractivity (Wildman–Crippen MR) is 124 cm³/mol. The van der Waals surface area contributed by atoms with Crippen molar-refractivity contribution in [1.82, 2.24) is 0 Å². The van der Waals surface area contributed by atoms with Crippen LogP contribution in [0.4, 0.5) is 3.89 Å². The molecule has 0 atom stereocenters. The van der Waals surface area contributed by atoms with Crippen LogP contribution in [0.1, 0.15) is 5.56 Å². The van der Waals surface area contributed by atoms with E-state index in [0.29, 0.717) is 6.16 Å². The lowest BCUT2D eigenvalue weighted by Gasteiger charge is -2.27. The lowest BCUT2D eigenvalue weighted by atomic mass is 10.2. The molecule has 158 valence electrons. The van der Waals surface area contributed by atoms with E-state index in [-0.39, 0.29) is 21.9 Å². The molecule has 4 rings (SSSR count). The Morgan fingerprint density at radius 3 is 1.26 bits per heavy atom. The summed E-state index contributed by atoms with van der Waals surface area (Å²) < 4.78 is 35.8. The summed E-state index contributed by atoms with van der Waals surface area (Å²) in [5.74, 6) is 0. The third-order valence-electron chi connectivity index (χ3n) is 5.22. The molecule has 0 bridgehead atoms. The van der Waals surface area contributed by atoms with Gasteiger partial charge < -0.3 is 17.0 Å². The van der Waals surface area contributed by atoms with Gasteiger partial charge in [-0.15, -0.1) is 3.89 Å². The summed E-state index contributed by atoms with van der Waals surface area (Å²) in [6.45, 7) is 0. The van der Waals surface area contributed by atoms with Crippen molar-refractivity contribution >= 4 is 33.4 Å². The van der Waals surface area contributed by atoms with E-state index in [2.05, 4.69) is 72.8 Å². The van der Waals surface area contributed by atoms with Crippen LogP contribution in [0, 0.1) is 0 Å². The van der Waals surface area contributed by atoms with E-state index in [1.807, 2.05) is 18.2 Å². The quantitative estimate of drug-likeness (QED) is 0.290. The highest BCUT2D eigenvalue weighted by Crippen LogP contribution is 2.58. The minimum absolute atomic E-state index is 0. The molecule has 0 amide bonds. The Labute approximate surface area is 194 Å². The summed E-state index contributed by atoms with van der Waals surface area (Å²) in [5.41, 5.74) is 0.965. The Hall–Kier alpha value is -2.33. The molecule has 0 saturated carbocycles. The van der Waals surface area contributed by atoms with Crippen LogP contribution in [0.5, 0.6) is 0 Å². The van der Waals surface area contributed by atoms with Crippen molar-refractivity contribution < 1.29 is 29.3 Å². The van der Waals surface area contributed by atoms with E-state index in [9.17, 15) is 12.3 Å². The number of hydrogen-bond acceptors (Lipinski definition) is 2. The third kappa shape index (κ3) is 4.95. The van der Waals surface area contributed by atoms with E-state index in [1.165, 1.54) is 28.0 Å². The molecule has 0 aliphatic heterocycles. The molecule has 31 heavy (non-hydrogen) atoms. The molecule has 2 nitrogen and oxygen atoms in total. The zero-order chi connectivity index (χ0) is 21.0. The first-order chi connectivity index (χ1) is 14.5. The van der Waals surface area contributed by atoms with Gasteiger partial charge in [0, 0.05) is 0 Å². The van der Waals surface area contributed by atoms with Crippen LogP contribution in [0.25, 0.3) is 0 Å². The van der Waals surface area contributed by atoms with Gasteiger partial charge in [0.25, 0.3) is 0 Å². The van der Waals surface area contributed by atoms with E-state index in [4.69, 9.17) is 0 Å². The van der Waals surface area contributed by atoms with Crippen LogP contribution in [-0.4, -0.2) is 8.42 Å². The first kappa shape index (κ1) is 23.3. The molecule has 0 spiro atoms. The van der Waals surface area contributed by atoms with Crippen LogP contribution < -0.4 is 32.9 Å². The van der Waals surface area contributed by atoms with Gasteiger partial charge in [0.05, 0.1) is 11.1 Å². The molecule has 0 aliphatic rings. The number of halogens is 2. The van der Waals surface area contributed by atoms with Crippen molar-refractivity contribution in [2.75, 3.05) is 0 Å². The Morgan fingerprint density at radius 2 is 0.935 bits per heavy atom. The zero-order valence-corrected chi connectivity index (χ0v) is 19.9. The highest BCUT2D eigenvalue weighted by atomic mass is 79.9. The Balaban J connectivity index is 0.00000272. The van der Waals surface area contributed by atoms with E-state index in [0.717, 1.165) is 5.56 Å². The van der Waals surface area contributed by atoms with E-state index in [1.54, 1.807) is 12.1 Å². The molecule has 0 aromatic heterocycles. The first-order valence-corrected chi connectivity index (χ1v) is 12.9. The molecule has 0 saturated heterocycles. The van der Waals surface area contributed by atoms with Gasteiger partial charge in [-0.25, -0.2) is 0 Å². The second-order valence-corrected chi connectivity index (χ2v) is 11.9. The number of hydrogen-bond donors (Lipinski definition) is 0. The normalized spacial score (nSPS) is 11.5. The average molecular weight is 515 g/mol. The summed E-state index contributed by atoms with van der Waals surface area (Å²) in [6.07, 6.45) is 0.706. The summed E-state index contributed by atoms with van der Waals surface area (Å²) in [6, 6.07) is 37.4. The molecule has 0 N–H and O–H groups in total. The van der Waals surface area contributed by atoms with Crippen molar-refractivity contribution in [3.05, 3.63) is 121 Å². The van der Waals surface area contributed by atoms with Gasteiger partial charge in [0.1, 0.15) is 23.2 Å². The molecule has 0 heterocycles. The minimum atomic E-state index is -4.71. The topological polar surface area (TPSA) is 34.1 Å². The largest absolute Gasteiger partial charge is 1.00 e. The fourth-order valence-corrected chi connectivity index (χ4v) is 8.50. The second kappa shape index (κ2) is 9.86. The standard InChI is InChI=1S/C25H21FO2PS.BrH/c26-30(27,28)25-18-16-21(17-19-25)20-29(22-10-4-1-5-11-22,23-12-6-2-7-13-23)24-14-8-3-9-15-24;/h1-19H,20H2;1H/q+1;/p-1. The fourth-order valence-electron chi connectivity index (χ4n) is 3.80. The van der Waals surface area contributed by atoms with Crippen molar-refractivity contribution in [3.8, 4) is 0 Å². The maximum atomic E-state index is 13.4. The van der Waals surface area contributed by atoms with Gasteiger partial charge in [-0.1, -0.05) is 66.7 Å². The summed E-state index contributed by atoms with van der Waals surface area (Å²) >= 11 is 0. The summed E-state index contributed by atoms with van der Waals surface area (Å²) in [7, 11) is -6.78. The third-order valence-corrected chi connectivity index (χ3v) is 10.4. The maximum Gasteiger partial charge on any atom is 0.332 e. The lowest BCUT2D eigenvalue weighted by Crippen LogP contribution is -3.00. The summed E-state index contributed by atoms with van der Waals surface area (Å²) in [4.78, 5) is -0.311. The van der Waals surface area contributed by atoms with Crippen LogP contribution in [0.2, 0.25) is 0 Å². The maximum absolute atomic E-state index is 13.4. The van der Waals surface area contributed by atoms with Crippen molar-refractivity contribution in [3.63, 3.8) is 0 Å². The zero-order valence-electron chi connectivity index (χ0n) is 16.6. The van der Waals surface area contributed by atoms with Gasteiger partial charge in [0.15, 0.2) is 0 Å². The van der Waals surface area contributed by atoms with Gasteiger partial charge in [-0.2, -0.15) is 8.42 Å². The van der Waals surface area contributed by atoms with Crippen molar-refractivity contribution in [1.29, 1.82) is 0 Å². The highest BCUT2D eigenvalue weighted by Gasteiger charge is 2.45.